The van der Waals surface area contributed by atoms with Crippen molar-refractivity contribution in [3.8, 4) is 0 Å². The van der Waals surface area contributed by atoms with Gasteiger partial charge in [0.2, 0.25) is 0 Å². The maximum atomic E-state index is 10.8. The smallest absolute Gasteiger partial charge is 0.269 e. The highest BCUT2D eigenvalue weighted by atomic mass is 127. The summed E-state index contributed by atoms with van der Waals surface area (Å²) in [6.45, 7) is 4.12. The lowest BCUT2D eigenvalue weighted by Gasteiger charge is -2.23. The monoisotopic (exact) mass is 524 g/mol. The molecule has 0 radical (unpaired) electrons. The van der Waals surface area contributed by atoms with E-state index in [9.17, 15) is 10.1 Å². The van der Waals surface area contributed by atoms with Crippen molar-refractivity contribution in [2.24, 2.45) is 4.99 Å². The zero-order chi connectivity index (χ0) is 20.5. The summed E-state index contributed by atoms with van der Waals surface area (Å²) in [5, 5.41) is 17.7. The van der Waals surface area contributed by atoms with E-state index >= 15 is 0 Å². The van der Waals surface area contributed by atoms with Crippen LogP contribution in [0.2, 0.25) is 0 Å². The van der Waals surface area contributed by atoms with Crippen molar-refractivity contribution in [2.75, 3.05) is 13.2 Å². The Morgan fingerprint density at radius 3 is 2.57 bits per heavy atom. The van der Waals surface area contributed by atoms with Crippen LogP contribution < -0.4 is 10.6 Å². The van der Waals surface area contributed by atoms with Gasteiger partial charge in [0.25, 0.3) is 5.69 Å². The molecular formula is C22H29IN4O3. The molecule has 0 aromatic heterocycles. The second-order valence-electron chi connectivity index (χ2n) is 7.24. The first-order valence-corrected chi connectivity index (χ1v) is 10.1. The number of ether oxygens (including phenoxy) is 1. The van der Waals surface area contributed by atoms with Crippen LogP contribution in [0.25, 0.3) is 0 Å². The average molecular weight is 524 g/mol. The first kappa shape index (κ1) is 24.1. The molecule has 0 amide bonds. The summed E-state index contributed by atoms with van der Waals surface area (Å²) in [6.07, 6.45) is 3.23. The molecule has 1 heterocycles. The predicted octanol–water partition coefficient (Wildman–Crippen LogP) is 4.06. The van der Waals surface area contributed by atoms with Crippen LogP contribution in [0.4, 0.5) is 5.69 Å². The van der Waals surface area contributed by atoms with Gasteiger partial charge in [-0.1, -0.05) is 42.5 Å². The number of nitrogens with zero attached hydrogens (tertiary/aromatic N) is 2. The van der Waals surface area contributed by atoms with Gasteiger partial charge in [0.1, 0.15) is 0 Å². The van der Waals surface area contributed by atoms with Crippen molar-refractivity contribution in [2.45, 2.75) is 44.9 Å². The van der Waals surface area contributed by atoms with Crippen LogP contribution in [0.15, 0.2) is 59.6 Å². The quantitative estimate of drug-likeness (QED) is 0.179. The van der Waals surface area contributed by atoms with Crippen LogP contribution in [0.5, 0.6) is 0 Å². The topological polar surface area (TPSA) is 88.8 Å². The van der Waals surface area contributed by atoms with E-state index in [1.54, 1.807) is 12.1 Å². The molecule has 2 N–H and O–H groups in total. The van der Waals surface area contributed by atoms with Crippen LogP contribution in [0, 0.1) is 10.1 Å². The van der Waals surface area contributed by atoms with Crippen LogP contribution in [0.1, 0.15) is 30.9 Å². The lowest BCUT2D eigenvalue weighted by Crippen LogP contribution is -2.47. The molecule has 3 rings (SSSR count). The maximum absolute atomic E-state index is 10.8. The van der Waals surface area contributed by atoms with Gasteiger partial charge in [-0.2, -0.15) is 0 Å². The fraction of sp³-hybridized carbons (Fsp3) is 0.409. The Labute approximate surface area is 194 Å². The third-order valence-corrected chi connectivity index (χ3v) is 5.00. The highest BCUT2D eigenvalue weighted by Gasteiger charge is 2.23. The van der Waals surface area contributed by atoms with E-state index in [4.69, 9.17) is 4.74 Å². The Morgan fingerprint density at radius 1 is 1.20 bits per heavy atom. The molecular weight excluding hydrogens is 495 g/mol. The number of nitrogens with one attached hydrogen (secondary N) is 2. The van der Waals surface area contributed by atoms with Gasteiger partial charge in [-0.05, 0) is 37.3 Å². The minimum Gasteiger partial charge on any atom is -0.376 e. The highest BCUT2D eigenvalue weighted by Crippen LogP contribution is 2.15. The number of guanidine groups is 1. The lowest BCUT2D eigenvalue weighted by molar-refractivity contribution is -0.384. The Balaban J connectivity index is 0.00000320. The number of halogens is 1. The fourth-order valence-corrected chi connectivity index (χ4v) is 3.32. The first-order valence-electron chi connectivity index (χ1n) is 10.1. The highest BCUT2D eigenvalue weighted by molar-refractivity contribution is 14.0. The van der Waals surface area contributed by atoms with E-state index in [2.05, 4.69) is 34.7 Å². The van der Waals surface area contributed by atoms with Crippen LogP contribution in [0.3, 0.4) is 0 Å². The average Bonchev–Trinajstić information content (AvgIpc) is 3.28. The molecule has 30 heavy (non-hydrogen) atoms. The van der Waals surface area contributed by atoms with Gasteiger partial charge in [0.15, 0.2) is 5.96 Å². The van der Waals surface area contributed by atoms with Gasteiger partial charge in [0.05, 0.1) is 23.6 Å². The lowest BCUT2D eigenvalue weighted by atomic mass is 10.1. The molecule has 0 spiro atoms. The number of nitro groups is 1. The Kier molecular flexibility index (Phi) is 10.0. The molecule has 1 aliphatic rings. The van der Waals surface area contributed by atoms with Gasteiger partial charge in [-0.3, -0.25) is 10.1 Å². The molecule has 2 unspecified atom stereocenters. The molecule has 2 aromatic rings. The standard InChI is InChI=1S/C22H28N4O3.HI/c1-17(21-8-5-15-29-21)25-22(23-14-13-18-6-3-2-4-7-18)24-16-19-9-11-20(12-10-19)26(27)28;/h2-4,6-7,9-12,17,21H,5,8,13-16H2,1H3,(H2,23,24,25);1H. The number of hydrogen-bond donors (Lipinski definition) is 2. The molecule has 0 aliphatic carbocycles. The normalized spacial score (nSPS) is 17.1. The van der Waals surface area contributed by atoms with E-state index in [-0.39, 0.29) is 41.8 Å². The molecule has 0 saturated carbocycles. The van der Waals surface area contributed by atoms with E-state index in [1.807, 2.05) is 18.2 Å². The maximum Gasteiger partial charge on any atom is 0.269 e. The Bertz CT molecular complexity index is 809. The van der Waals surface area contributed by atoms with Crippen molar-refractivity contribution in [1.82, 2.24) is 10.6 Å². The Morgan fingerprint density at radius 2 is 1.93 bits per heavy atom. The molecule has 1 saturated heterocycles. The fourth-order valence-electron chi connectivity index (χ4n) is 3.32. The van der Waals surface area contributed by atoms with Crippen molar-refractivity contribution < 1.29 is 9.66 Å². The van der Waals surface area contributed by atoms with Crippen molar-refractivity contribution in [3.63, 3.8) is 0 Å². The van der Waals surface area contributed by atoms with Crippen LogP contribution in [-0.4, -0.2) is 36.2 Å². The molecule has 0 bridgehead atoms. The number of aliphatic imine (C=N–C) groups is 1. The summed E-state index contributed by atoms with van der Waals surface area (Å²) in [6, 6.07) is 17.0. The zero-order valence-electron chi connectivity index (χ0n) is 17.1. The summed E-state index contributed by atoms with van der Waals surface area (Å²) in [5.74, 6) is 0.724. The number of rotatable bonds is 8. The second kappa shape index (κ2) is 12.5. The molecule has 162 valence electrons. The SMILES string of the molecule is CC(NC(=NCc1ccc([N+](=O)[O-])cc1)NCCc1ccccc1)C1CCCO1.I. The van der Waals surface area contributed by atoms with Gasteiger partial charge in [-0.25, -0.2) is 4.99 Å². The van der Waals surface area contributed by atoms with Crippen molar-refractivity contribution >= 4 is 35.6 Å². The van der Waals surface area contributed by atoms with Gasteiger partial charge in [-0.15, -0.1) is 24.0 Å². The molecule has 1 fully saturated rings. The van der Waals surface area contributed by atoms with E-state index in [0.29, 0.717) is 6.54 Å². The third kappa shape index (κ3) is 7.56. The number of benzene rings is 2. The zero-order valence-corrected chi connectivity index (χ0v) is 19.5. The van der Waals surface area contributed by atoms with Crippen molar-refractivity contribution in [1.29, 1.82) is 0 Å². The largest absolute Gasteiger partial charge is 0.376 e. The van der Waals surface area contributed by atoms with Crippen LogP contribution in [-0.2, 0) is 17.7 Å². The van der Waals surface area contributed by atoms with Crippen molar-refractivity contribution in [3.05, 3.63) is 75.8 Å². The first-order chi connectivity index (χ1) is 14.1. The minimum absolute atomic E-state index is 0. The summed E-state index contributed by atoms with van der Waals surface area (Å²) >= 11 is 0. The van der Waals surface area contributed by atoms with Crippen LogP contribution >= 0.6 is 24.0 Å². The van der Waals surface area contributed by atoms with Gasteiger partial charge in [0, 0.05) is 25.3 Å². The summed E-state index contributed by atoms with van der Waals surface area (Å²) < 4.78 is 5.78. The third-order valence-electron chi connectivity index (χ3n) is 5.00. The minimum atomic E-state index is -0.394. The molecule has 8 heteroatoms. The van der Waals surface area contributed by atoms with Gasteiger partial charge >= 0.3 is 0 Å². The number of nitro benzene ring substituents is 1. The summed E-state index contributed by atoms with van der Waals surface area (Å²) in [7, 11) is 0. The summed E-state index contributed by atoms with van der Waals surface area (Å²) in [5.41, 5.74) is 2.27. The number of hydrogen-bond acceptors (Lipinski definition) is 4. The molecule has 1 aliphatic heterocycles. The Hall–Kier alpha value is -2.20. The molecule has 2 aromatic carbocycles. The van der Waals surface area contributed by atoms with Gasteiger partial charge < -0.3 is 15.4 Å². The second-order valence-corrected chi connectivity index (χ2v) is 7.24. The van der Waals surface area contributed by atoms with E-state index < -0.39 is 4.92 Å². The predicted molar refractivity (Wildman–Crippen MR) is 129 cm³/mol. The number of non-ortho nitro benzene ring substituents is 1. The molecule has 7 nitrogen and oxygen atoms in total. The molecule has 2 atom stereocenters. The van der Waals surface area contributed by atoms with E-state index in [0.717, 1.165) is 43.9 Å². The van der Waals surface area contributed by atoms with E-state index in [1.165, 1.54) is 17.7 Å². The summed E-state index contributed by atoms with van der Waals surface area (Å²) in [4.78, 5) is 15.1.